The molecule has 3 aromatic rings. The number of hydrogen-bond donors (Lipinski definition) is 2. The zero-order valence-corrected chi connectivity index (χ0v) is 10.9. The van der Waals surface area contributed by atoms with Crippen molar-refractivity contribution in [2.75, 3.05) is 0 Å². The molecule has 4 rings (SSSR count). The number of H-pyrrole nitrogens is 2. The maximum absolute atomic E-state index is 11.8. The van der Waals surface area contributed by atoms with Gasteiger partial charge in [-0.15, -0.1) is 11.3 Å². The molecule has 5 nitrogen and oxygen atoms in total. The van der Waals surface area contributed by atoms with Gasteiger partial charge < -0.3 is 4.98 Å². The summed E-state index contributed by atoms with van der Waals surface area (Å²) in [7, 11) is 0. The van der Waals surface area contributed by atoms with Gasteiger partial charge in [-0.1, -0.05) is 0 Å². The van der Waals surface area contributed by atoms with E-state index in [0.29, 0.717) is 10.2 Å². The van der Waals surface area contributed by atoms with Crippen LogP contribution in [0.25, 0.3) is 20.4 Å². The summed E-state index contributed by atoms with van der Waals surface area (Å²) in [4.78, 5) is 33.7. The van der Waals surface area contributed by atoms with Crippen LogP contribution in [0.4, 0.5) is 0 Å². The van der Waals surface area contributed by atoms with E-state index >= 15 is 0 Å². The third kappa shape index (κ3) is 1.56. The molecule has 1 aliphatic carbocycles. The van der Waals surface area contributed by atoms with Gasteiger partial charge in [0.25, 0.3) is 5.56 Å². The number of hydrogen-bond acceptors (Lipinski definition) is 4. The molecular weight excluding hydrogens is 262 g/mol. The predicted molar refractivity (Wildman–Crippen MR) is 75.0 cm³/mol. The fourth-order valence-electron chi connectivity index (χ4n) is 2.73. The number of fused-ring (bicyclic) bond motifs is 4. The summed E-state index contributed by atoms with van der Waals surface area (Å²) in [6.45, 7) is 0. The van der Waals surface area contributed by atoms with Gasteiger partial charge in [0.1, 0.15) is 9.53 Å². The molecule has 3 heterocycles. The van der Waals surface area contributed by atoms with Gasteiger partial charge in [0.05, 0.1) is 5.52 Å². The van der Waals surface area contributed by atoms with Crippen LogP contribution in [0.3, 0.4) is 0 Å². The van der Waals surface area contributed by atoms with E-state index in [-0.39, 0.29) is 5.56 Å². The molecule has 3 aromatic heterocycles. The van der Waals surface area contributed by atoms with Crippen LogP contribution < -0.4 is 11.2 Å². The van der Waals surface area contributed by atoms with E-state index in [1.54, 1.807) is 0 Å². The summed E-state index contributed by atoms with van der Waals surface area (Å²) in [5.41, 5.74) is 2.22. The molecule has 0 saturated heterocycles. The average Bonchev–Trinajstić information content (AvgIpc) is 2.74. The molecule has 6 heteroatoms. The second-order valence-electron chi connectivity index (χ2n) is 4.87. The third-order valence-corrected chi connectivity index (χ3v) is 4.73. The van der Waals surface area contributed by atoms with Crippen LogP contribution >= 0.6 is 11.3 Å². The first-order valence-corrected chi connectivity index (χ1v) is 7.11. The fraction of sp³-hybridized carbons (Fsp3) is 0.308. The zero-order valence-electron chi connectivity index (χ0n) is 10.1. The SMILES string of the molecule is O=c1[nH]c(=O)c2sc3nc4c(cc3c2[nH]1)CCCC4. The van der Waals surface area contributed by atoms with Crippen LogP contribution in [-0.4, -0.2) is 15.0 Å². The van der Waals surface area contributed by atoms with E-state index in [0.717, 1.165) is 28.8 Å². The van der Waals surface area contributed by atoms with Crippen molar-refractivity contribution in [2.45, 2.75) is 25.7 Å². The number of thiophene rings is 1. The van der Waals surface area contributed by atoms with Gasteiger partial charge in [-0.25, -0.2) is 9.78 Å². The van der Waals surface area contributed by atoms with E-state index in [9.17, 15) is 9.59 Å². The first-order valence-electron chi connectivity index (χ1n) is 6.30. The molecule has 0 fully saturated rings. The monoisotopic (exact) mass is 273 g/mol. The normalized spacial score (nSPS) is 14.9. The molecule has 2 N–H and O–H groups in total. The predicted octanol–water partition coefficient (Wildman–Crippen LogP) is 1.70. The standard InChI is InChI=1S/C13H11N3O2S/c17-11-10-9(15-13(18)16-11)7-5-6-3-1-2-4-8(6)14-12(7)19-10/h5H,1-4H2,(H2,15,16,17,18). The maximum atomic E-state index is 11.8. The molecule has 0 radical (unpaired) electrons. The summed E-state index contributed by atoms with van der Waals surface area (Å²) in [6, 6.07) is 2.09. The molecule has 0 amide bonds. The van der Waals surface area contributed by atoms with Gasteiger partial charge >= 0.3 is 5.69 Å². The molecule has 0 aromatic carbocycles. The molecule has 0 spiro atoms. The Morgan fingerprint density at radius 1 is 1.16 bits per heavy atom. The van der Waals surface area contributed by atoms with Crippen molar-refractivity contribution in [2.24, 2.45) is 0 Å². The van der Waals surface area contributed by atoms with Gasteiger partial charge in [0.2, 0.25) is 0 Å². The van der Waals surface area contributed by atoms with Crippen LogP contribution in [0.1, 0.15) is 24.1 Å². The summed E-state index contributed by atoms with van der Waals surface area (Å²) in [5.74, 6) is 0. The van der Waals surface area contributed by atoms with E-state index in [2.05, 4.69) is 21.0 Å². The van der Waals surface area contributed by atoms with Crippen molar-refractivity contribution in [1.82, 2.24) is 15.0 Å². The quantitative estimate of drug-likeness (QED) is 0.654. The Hall–Kier alpha value is -1.95. The minimum Gasteiger partial charge on any atom is -0.305 e. The first kappa shape index (κ1) is 10.9. The van der Waals surface area contributed by atoms with Crippen molar-refractivity contribution in [3.8, 4) is 0 Å². The van der Waals surface area contributed by atoms with Crippen molar-refractivity contribution < 1.29 is 0 Å². The average molecular weight is 273 g/mol. The molecule has 0 aliphatic heterocycles. The molecule has 96 valence electrons. The van der Waals surface area contributed by atoms with E-state index in [4.69, 9.17) is 0 Å². The van der Waals surface area contributed by atoms with Crippen molar-refractivity contribution in [3.05, 3.63) is 38.2 Å². The highest BCUT2D eigenvalue weighted by molar-refractivity contribution is 7.25. The molecule has 0 unspecified atom stereocenters. The number of nitrogens with zero attached hydrogens (tertiary/aromatic N) is 1. The zero-order chi connectivity index (χ0) is 13.0. The Bertz CT molecular complexity index is 919. The van der Waals surface area contributed by atoms with Crippen LogP contribution in [0.15, 0.2) is 15.7 Å². The third-order valence-electron chi connectivity index (χ3n) is 3.63. The Morgan fingerprint density at radius 2 is 2.00 bits per heavy atom. The highest BCUT2D eigenvalue weighted by Crippen LogP contribution is 2.32. The Kier molecular flexibility index (Phi) is 2.17. The Labute approximate surface area is 111 Å². The molecular formula is C13H11N3O2S. The van der Waals surface area contributed by atoms with Gasteiger partial charge in [0, 0.05) is 11.1 Å². The lowest BCUT2D eigenvalue weighted by Gasteiger charge is -2.13. The lowest BCUT2D eigenvalue weighted by atomic mass is 9.95. The van der Waals surface area contributed by atoms with E-state index in [1.807, 2.05) is 0 Å². The van der Waals surface area contributed by atoms with Crippen molar-refractivity contribution >= 4 is 31.8 Å². The summed E-state index contributed by atoms with van der Waals surface area (Å²) in [5, 5.41) is 0.892. The van der Waals surface area contributed by atoms with Crippen LogP contribution in [-0.2, 0) is 12.8 Å². The van der Waals surface area contributed by atoms with Crippen molar-refractivity contribution in [3.63, 3.8) is 0 Å². The summed E-state index contributed by atoms with van der Waals surface area (Å²) < 4.78 is 0.546. The van der Waals surface area contributed by atoms with E-state index < -0.39 is 5.69 Å². The van der Waals surface area contributed by atoms with Gasteiger partial charge in [0.15, 0.2) is 0 Å². The second kappa shape index (κ2) is 3.77. The minimum absolute atomic E-state index is 0.334. The van der Waals surface area contributed by atoms with Gasteiger partial charge in [-0.2, -0.15) is 0 Å². The molecule has 0 saturated carbocycles. The van der Waals surface area contributed by atoms with Crippen LogP contribution in [0.5, 0.6) is 0 Å². The number of aromatic amines is 2. The minimum atomic E-state index is -0.463. The number of rotatable bonds is 0. The lowest BCUT2D eigenvalue weighted by molar-refractivity contribution is 0.672. The second-order valence-corrected chi connectivity index (χ2v) is 5.87. The number of aryl methyl sites for hydroxylation is 2. The van der Waals surface area contributed by atoms with Crippen molar-refractivity contribution in [1.29, 1.82) is 0 Å². The van der Waals surface area contributed by atoms with Gasteiger partial charge in [-0.3, -0.25) is 9.78 Å². The first-order chi connectivity index (χ1) is 9.22. The molecule has 19 heavy (non-hydrogen) atoms. The number of aromatic nitrogens is 3. The summed E-state index contributed by atoms with van der Waals surface area (Å²) >= 11 is 1.34. The largest absolute Gasteiger partial charge is 0.326 e. The van der Waals surface area contributed by atoms with E-state index in [1.165, 1.54) is 29.7 Å². The number of pyridine rings is 1. The lowest BCUT2D eigenvalue weighted by Crippen LogP contribution is -2.20. The highest BCUT2D eigenvalue weighted by atomic mass is 32.1. The number of nitrogens with one attached hydrogen (secondary N) is 2. The topological polar surface area (TPSA) is 78.6 Å². The highest BCUT2D eigenvalue weighted by Gasteiger charge is 2.16. The van der Waals surface area contributed by atoms with Crippen LogP contribution in [0, 0.1) is 0 Å². The summed E-state index contributed by atoms with van der Waals surface area (Å²) in [6.07, 6.45) is 4.39. The van der Waals surface area contributed by atoms with Gasteiger partial charge in [-0.05, 0) is 37.3 Å². The molecule has 1 aliphatic rings. The Morgan fingerprint density at radius 3 is 2.89 bits per heavy atom. The molecule has 0 bridgehead atoms. The maximum Gasteiger partial charge on any atom is 0.326 e. The van der Waals surface area contributed by atoms with Crippen LogP contribution in [0.2, 0.25) is 0 Å². The Balaban J connectivity index is 2.18. The molecule has 0 atom stereocenters. The fourth-order valence-corrected chi connectivity index (χ4v) is 3.76. The smallest absolute Gasteiger partial charge is 0.305 e.